The fourth-order valence-corrected chi connectivity index (χ4v) is 4.35. The first-order valence-electron chi connectivity index (χ1n) is 9.39. The average molecular weight is 385 g/mol. The van der Waals surface area contributed by atoms with Crippen LogP contribution in [-0.4, -0.2) is 34.5 Å². The van der Waals surface area contributed by atoms with Crippen LogP contribution in [0.3, 0.4) is 0 Å². The van der Waals surface area contributed by atoms with Crippen molar-refractivity contribution in [1.82, 2.24) is 24.5 Å². The minimum absolute atomic E-state index is 0.412. The number of unbranched alkanes of at least 4 members (excludes halogenated alkanes) is 1. The summed E-state index contributed by atoms with van der Waals surface area (Å²) in [5, 5.41) is 0.412. The van der Waals surface area contributed by atoms with E-state index in [-0.39, 0.29) is 0 Å². The Morgan fingerprint density at radius 2 is 2.00 bits per heavy atom. The van der Waals surface area contributed by atoms with Gasteiger partial charge in [-0.2, -0.15) is 0 Å². The highest BCUT2D eigenvalue weighted by Gasteiger charge is 2.25. The van der Waals surface area contributed by atoms with Crippen molar-refractivity contribution < 1.29 is 4.21 Å². The number of anilines is 1. The molecule has 1 aliphatic carbocycles. The van der Waals surface area contributed by atoms with E-state index in [2.05, 4.69) is 26.4 Å². The quantitative estimate of drug-likeness (QED) is 0.473. The van der Waals surface area contributed by atoms with Crippen molar-refractivity contribution in [2.45, 2.75) is 50.7 Å². The standard InChI is InChI=1S/C19H24N6OS/c1-13-12-23-18(20)16-17(13)25(15(24-16)11-14-5-6-14)9-2-3-10-27(26)19-21-7-4-8-22-19/h4,7-8,12,14H,2-3,5-6,9-11H2,1H3,(H2,20,23). The second kappa shape index (κ2) is 7.72. The number of fused-ring (bicyclic) bond motifs is 1. The minimum Gasteiger partial charge on any atom is -0.382 e. The molecule has 3 aromatic rings. The van der Waals surface area contributed by atoms with Gasteiger partial charge >= 0.3 is 0 Å². The summed E-state index contributed by atoms with van der Waals surface area (Å²) >= 11 is 0. The average Bonchev–Trinajstić information content (AvgIpc) is 3.42. The van der Waals surface area contributed by atoms with Gasteiger partial charge in [0.15, 0.2) is 5.82 Å². The predicted octanol–water partition coefficient (Wildman–Crippen LogP) is 2.65. The molecule has 3 aromatic heterocycles. The maximum atomic E-state index is 12.3. The molecule has 0 aliphatic heterocycles. The first kappa shape index (κ1) is 18.0. The molecule has 0 spiro atoms. The molecule has 142 valence electrons. The molecule has 1 atom stereocenters. The van der Waals surface area contributed by atoms with E-state index in [1.54, 1.807) is 18.5 Å². The zero-order chi connectivity index (χ0) is 18.8. The Morgan fingerprint density at radius 3 is 2.74 bits per heavy atom. The van der Waals surface area contributed by atoms with E-state index in [1.807, 2.05) is 6.20 Å². The number of nitrogens with zero attached hydrogens (tertiary/aromatic N) is 5. The van der Waals surface area contributed by atoms with Gasteiger partial charge in [-0.25, -0.2) is 19.9 Å². The van der Waals surface area contributed by atoms with Crippen LogP contribution < -0.4 is 5.73 Å². The van der Waals surface area contributed by atoms with E-state index in [9.17, 15) is 4.21 Å². The van der Waals surface area contributed by atoms with Crippen molar-refractivity contribution in [3.63, 3.8) is 0 Å². The van der Waals surface area contributed by atoms with Crippen LogP contribution in [0.15, 0.2) is 29.8 Å². The molecule has 1 saturated carbocycles. The third-order valence-electron chi connectivity index (χ3n) is 4.94. The first-order valence-corrected chi connectivity index (χ1v) is 10.7. The van der Waals surface area contributed by atoms with Crippen LogP contribution in [-0.2, 0) is 23.8 Å². The Morgan fingerprint density at radius 1 is 1.22 bits per heavy atom. The zero-order valence-electron chi connectivity index (χ0n) is 15.5. The van der Waals surface area contributed by atoms with E-state index in [0.717, 1.165) is 54.1 Å². The van der Waals surface area contributed by atoms with Gasteiger partial charge in [0.05, 0.1) is 16.3 Å². The van der Waals surface area contributed by atoms with Gasteiger partial charge in [0.1, 0.15) is 11.3 Å². The fourth-order valence-electron chi connectivity index (χ4n) is 3.34. The molecule has 1 unspecified atom stereocenters. The van der Waals surface area contributed by atoms with Crippen LogP contribution in [0.4, 0.5) is 5.82 Å². The maximum Gasteiger partial charge on any atom is 0.218 e. The summed E-state index contributed by atoms with van der Waals surface area (Å²) in [4.78, 5) is 17.2. The van der Waals surface area contributed by atoms with Crippen molar-refractivity contribution in [3.05, 3.63) is 36.0 Å². The molecule has 0 amide bonds. The van der Waals surface area contributed by atoms with Crippen molar-refractivity contribution >= 4 is 27.7 Å². The molecule has 2 N–H and O–H groups in total. The molecule has 4 rings (SSSR count). The minimum atomic E-state index is -1.15. The highest BCUT2D eigenvalue weighted by atomic mass is 32.2. The van der Waals surface area contributed by atoms with Crippen LogP contribution in [0, 0.1) is 12.8 Å². The van der Waals surface area contributed by atoms with Gasteiger partial charge in [0, 0.05) is 37.3 Å². The lowest BCUT2D eigenvalue weighted by Gasteiger charge is -2.10. The molecule has 8 heteroatoms. The summed E-state index contributed by atoms with van der Waals surface area (Å²) in [6.45, 7) is 2.89. The number of hydrogen-bond acceptors (Lipinski definition) is 6. The van der Waals surface area contributed by atoms with Crippen LogP contribution in [0.2, 0.25) is 0 Å². The number of aromatic nitrogens is 5. The van der Waals surface area contributed by atoms with Gasteiger partial charge in [-0.15, -0.1) is 0 Å². The van der Waals surface area contributed by atoms with Crippen molar-refractivity contribution in [2.24, 2.45) is 5.92 Å². The lowest BCUT2D eigenvalue weighted by Crippen LogP contribution is -2.08. The number of nitrogens with two attached hydrogens (primary N) is 1. The monoisotopic (exact) mass is 384 g/mol. The molecule has 7 nitrogen and oxygen atoms in total. The van der Waals surface area contributed by atoms with Crippen LogP contribution in [0.25, 0.3) is 11.0 Å². The van der Waals surface area contributed by atoms with E-state index < -0.39 is 10.8 Å². The van der Waals surface area contributed by atoms with Crippen molar-refractivity contribution in [1.29, 1.82) is 0 Å². The van der Waals surface area contributed by atoms with E-state index in [0.29, 0.717) is 16.7 Å². The smallest absolute Gasteiger partial charge is 0.218 e. The number of nitrogen functional groups attached to an aromatic ring is 1. The van der Waals surface area contributed by atoms with Gasteiger partial charge in [0.2, 0.25) is 5.16 Å². The van der Waals surface area contributed by atoms with Crippen molar-refractivity contribution in [2.75, 3.05) is 11.5 Å². The summed E-state index contributed by atoms with van der Waals surface area (Å²) < 4.78 is 14.6. The first-order chi connectivity index (χ1) is 13.1. The Kier molecular flexibility index (Phi) is 5.15. The summed E-state index contributed by atoms with van der Waals surface area (Å²) in [6.07, 6.45) is 10.4. The van der Waals surface area contributed by atoms with Gasteiger partial charge in [-0.3, -0.25) is 4.21 Å². The van der Waals surface area contributed by atoms with E-state index >= 15 is 0 Å². The SMILES string of the molecule is Cc1cnc(N)c2nc(CC3CC3)n(CCCCS(=O)c3ncccn3)c12. The molecule has 3 heterocycles. The largest absolute Gasteiger partial charge is 0.382 e. The Balaban J connectivity index is 1.47. The molecular formula is C19H24N6OS. The van der Waals surface area contributed by atoms with Crippen LogP contribution >= 0.6 is 0 Å². The second-order valence-electron chi connectivity index (χ2n) is 7.14. The molecule has 0 aromatic carbocycles. The molecule has 27 heavy (non-hydrogen) atoms. The number of aryl methyl sites for hydroxylation is 2. The van der Waals surface area contributed by atoms with Crippen LogP contribution in [0.1, 0.15) is 37.1 Å². The number of pyridine rings is 1. The summed E-state index contributed by atoms with van der Waals surface area (Å²) in [6, 6.07) is 1.73. The summed E-state index contributed by atoms with van der Waals surface area (Å²) in [5.74, 6) is 2.91. The van der Waals surface area contributed by atoms with Crippen LogP contribution in [0.5, 0.6) is 0 Å². The zero-order valence-corrected chi connectivity index (χ0v) is 16.3. The van der Waals surface area contributed by atoms with Gasteiger partial charge in [0.25, 0.3) is 0 Å². The Labute approximate surface area is 160 Å². The molecule has 1 aliphatic rings. The third kappa shape index (κ3) is 4.00. The summed E-state index contributed by atoms with van der Waals surface area (Å²) in [5.41, 5.74) is 9.06. The lowest BCUT2D eigenvalue weighted by atomic mass is 10.2. The maximum absolute atomic E-state index is 12.3. The molecule has 0 radical (unpaired) electrons. The second-order valence-corrected chi connectivity index (χ2v) is 8.60. The van der Waals surface area contributed by atoms with Crippen molar-refractivity contribution in [3.8, 4) is 0 Å². The molecular weight excluding hydrogens is 360 g/mol. The number of rotatable bonds is 8. The van der Waals surface area contributed by atoms with Gasteiger partial charge in [-0.1, -0.05) is 0 Å². The molecule has 1 fully saturated rings. The molecule has 0 bridgehead atoms. The molecule has 0 saturated heterocycles. The topological polar surface area (TPSA) is 99.6 Å². The fraction of sp³-hybridized carbons (Fsp3) is 0.474. The van der Waals surface area contributed by atoms with Gasteiger partial charge in [-0.05, 0) is 50.2 Å². The van der Waals surface area contributed by atoms with Gasteiger partial charge < -0.3 is 10.3 Å². The number of hydrogen-bond donors (Lipinski definition) is 1. The lowest BCUT2D eigenvalue weighted by molar-refractivity contribution is 0.599. The van der Waals surface area contributed by atoms with E-state index in [4.69, 9.17) is 10.7 Å². The third-order valence-corrected chi connectivity index (χ3v) is 6.21. The Bertz CT molecular complexity index is 967. The predicted molar refractivity (Wildman–Crippen MR) is 106 cm³/mol. The normalized spacial score (nSPS) is 15.3. The van der Waals surface area contributed by atoms with E-state index in [1.165, 1.54) is 12.8 Å². The Hall–Kier alpha value is -2.35. The summed E-state index contributed by atoms with van der Waals surface area (Å²) in [7, 11) is -1.15. The number of imidazole rings is 1. The highest BCUT2D eigenvalue weighted by molar-refractivity contribution is 7.84. The highest BCUT2D eigenvalue weighted by Crippen LogP contribution is 2.34.